The van der Waals surface area contributed by atoms with E-state index in [1.165, 1.54) is 6.07 Å². The molecule has 1 aromatic heterocycles. The summed E-state index contributed by atoms with van der Waals surface area (Å²) >= 11 is 3.32. The summed E-state index contributed by atoms with van der Waals surface area (Å²) in [5, 5.41) is 5.33. The fourth-order valence-electron chi connectivity index (χ4n) is 2.19. The Morgan fingerprint density at radius 3 is 2.25 bits per heavy atom. The van der Waals surface area contributed by atoms with Gasteiger partial charge in [-0.3, -0.25) is 9.59 Å². The number of halogens is 2. The van der Waals surface area contributed by atoms with Crippen molar-refractivity contribution in [3.8, 4) is 0 Å². The molecule has 2 N–H and O–H groups in total. The van der Waals surface area contributed by atoms with Crippen molar-refractivity contribution in [3.05, 3.63) is 56.7 Å². The fourth-order valence-corrected chi connectivity index (χ4v) is 2.73. The number of amides is 2. The summed E-state index contributed by atoms with van der Waals surface area (Å²) in [6.45, 7) is 5.57. The van der Waals surface area contributed by atoms with Crippen LogP contribution in [0.3, 0.4) is 0 Å². The molecule has 0 unspecified atom stereocenters. The first-order valence-electron chi connectivity index (χ1n) is 7.39. The maximum atomic E-state index is 13.4. The van der Waals surface area contributed by atoms with Crippen LogP contribution in [0.4, 0.5) is 4.39 Å². The second kappa shape index (κ2) is 7.61. The van der Waals surface area contributed by atoms with Crippen LogP contribution in [0, 0.1) is 26.6 Å². The molecule has 2 aromatic rings. The highest BCUT2D eigenvalue weighted by Crippen LogP contribution is 2.26. The molecular weight excluding hydrogens is 379 g/mol. The Hall–Kier alpha value is -2.15. The first-order valence-corrected chi connectivity index (χ1v) is 8.18. The summed E-state index contributed by atoms with van der Waals surface area (Å²) in [6, 6.07) is 4.30. The van der Waals surface area contributed by atoms with E-state index in [1.54, 1.807) is 32.9 Å². The minimum Gasteiger partial charge on any atom is -0.465 e. The van der Waals surface area contributed by atoms with E-state index >= 15 is 0 Å². The Labute approximate surface area is 147 Å². The highest BCUT2D eigenvalue weighted by atomic mass is 79.9. The SMILES string of the molecule is Cc1ccc(C(=O)NCCNC(=O)c2c(C)oc(C)c2Br)cc1F. The van der Waals surface area contributed by atoms with Crippen LogP contribution in [0.15, 0.2) is 27.1 Å². The molecule has 0 aliphatic carbocycles. The predicted octanol–water partition coefficient (Wildman–Crippen LogP) is 3.27. The van der Waals surface area contributed by atoms with Crippen molar-refractivity contribution in [1.82, 2.24) is 10.6 Å². The number of benzene rings is 1. The molecular formula is C17H18BrFN2O3. The lowest BCUT2D eigenvalue weighted by molar-refractivity contribution is 0.0926. The second-order valence-electron chi connectivity index (χ2n) is 5.38. The topological polar surface area (TPSA) is 71.3 Å². The molecule has 0 saturated carbocycles. The highest BCUT2D eigenvalue weighted by Gasteiger charge is 2.19. The lowest BCUT2D eigenvalue weighted by Gasteiger charge is -2.08. The number of furan rings is 1. The van der Waals surface area contributed by atoms with E-state index in [2.05, 4.69) is 26.6 Å². The van der Waals surface area contributed by atoms with Gasteiger partial charge in [0.1, 0.15) is 17.3 Å². The predicted molar refractivity (Wildman–Crippen MR) is 91.7 cm³/mol. The van der Waals surface area contributed by atoms with Gasteiger partial charge >= 0.3 is 0 Å². The number of hydrogen-bond acceptors (Lipinski definition) is 3. The Bertz CT molecular complexity index is 786. The van der Waals surface area contributed by atoms with E-state index in [4.69, 9.17) is 4.42 Å². The van der Waals surface area contributed by atoms with Crippen LogP contribution in [-0.4, -0.2) is 24.9 Å². The molecule has 1 aromatic carbocycles. The number of aryl methyl sites for hydroxylation is 3. The summed E-state index contributed by atoms with van der Waals surface area (Å²) in [5.41, 5.74) is 1.17. The Morgan fingerprint density at radius 1 is 1.08 bits per heavy atom. The minimum absolute atomic E-state index is 0.230. The Kier molecular flexibility index (Phi) is 5.77. The van der Waals surface area contributed by atoms with Crippen molar-refractivity contribution in [2.24, 2.45) is 0 Å². The third-order valence-electron chi connectivity index (χ3n) is 3.54. The zero-order valence-electron chi connectivity index (χ0n) is 13.6. The van der Waals surface area contributed by atoms with Gasteiger partial charge in [0, 0.05) is 18.7 Å². The van der Waals surface area contributed by atoms with Crippen LogP contribution >= 0.6 is 15.9 Å². The molecule has 7 heteroatoms. The largest absolute Gasteiger partial charge is 0.465 e. The zero-order chi connectivity index (χ0) is 17.9. The Balaban J connectivity index is 1.85. The monoisotopic (exact) mass is 396 g/mol. The first-order chi connectivity index (χ1) is 11.3. The summed E-state index contributed by atoms with van der Waals surface area (Å²) < 4.78 is 19.4. The van der Waals surface area contributed by atoms with Crippen molar-refractivity contribution < 1.29 is 18.4 Å². The first kappa shape index (κ1) is 18.2. The molecule has 0 radical (unpaired) electrons. The van der Waals surface area contributed by atoms with Crippen molar-refractivity contribution in [2.75, 3.05) is 13.1 Å². The van der Waals surface area contributed by atoms with E-state index in [9.17, 15) is 14.0 Å². The number of carbonyl (C=O) groups excluding carboxylic acids is 2. The van der Waals surface area contributed by atoms with Crippen LogP contribution < -0.4 is 10.6 Å². The molecule has 24 heavy (non-hydrogen) atoms. The Morgan fingerprint density at radius 2 is 1.71 bits per heavy atom. The van der Waals surface area contributed by atoms with Crippen molar-refractivity contribution in [1.29, 1.82) is 0 Å². The molecule has 0 spiro atoms. The smallest absolute Gasteiger partial charge is 0.256 e. The van der Waals surface area contributed by atoms with E-state index in [1.807, 2.05) is 0 Å². The lowest BCUT2D eigenvalue weighted by Crippen LogP contribution is -2.35. The van der Waals surface area contributed by atoms with E-state index in [0.29, 0.717) is 27.1 Å². The molecule has 1 heterocycles. The van der Waals surface area contributed by atoms with Gasteiger partial charge in [0.05, 0.1) is 10.0 Å². The zero-order valence-corrected chi connectivity index (χ0v) is 15.2. The summed E-state index contributed by atoms with van der Waals surface area (Å²) in [5.74, 6) is 0.0570. The molecule has 0 atom stereocenters. The maximum Gasteiger partial charge on any atom is 0.256 e. The van der Waals surface area contributed by atoms with Crippen LogP contribution in [0.1, 0.15) is 37.8 Å². The maximum absolute atomic E-state index is 13.4. The van der Waals surface area contributed by atoms with E-state index < -0.39 is 5.82 Å². The van der Waals surface area contributed by atoms with Crippen LogP contribution in [0.5, 0.6) is 0 Å². The molecule has 0 aliphatic heterocycles. The van der Waals surface area contributed by atoms with Crippen molar-refractivity contribution in [2.45, 2.75) is 20.8 Å². The summed E-state index contributed by atoms with van der Waals surface area (Å²) in [7, 11) is 0. The second-order valence-corrected chi connectivity index (χ2v) is 6.17. The van der Waals surface area contributed by atoms with E-state index in [0.717, 1.165) is 0 Å². The molecule has 128 valence electrons. The van der Waals surface area contributed by atoms with Gasteiger partial charge in [-0.25, -0.2) is 4.39 Å². The van der Waals surface area contributed by atoms with Crippen LogP contribution in [0.2, 0.25) is 0 Å². The fraction of sp³-hybridized carbons (Fsp3) is 0.294. The normalized spacial score (nSPS) is 10.5. The molecule has 2 rings (SSSR count). The third-order valence-corrected chi connectivity index (χ3v) is 4.50. The van der Waals surface area contributed by atoms with Crippen LogP contribution in [0.25, 0.3) is 0 Å². The average Bonchev–Trinajstić information content (AvgIpc) is 2.79. The third kappa shape index (κ3) is 4.03. The minimum atomic E-state index is -0.424. The standard InChI is InChI=1S/C17H18BrFN2O3/c1-9-4-5-12(8-13(9)19)16(22)20-6-7-21-17(23)14-10(2)24-11(3)15(14)18/h4-5,8H,6-7H2,1-3H3,(H,20,22)(H,21,23). The number of rotatable bonds is 5. The van der Waals surface area contributed by atoms with Crippen LogP contribution in [-0.2, 0) is 0 Å². The highest BCUT2D eigenvalue weighted by molar-refractivity contribution is 9.10. The molecule has 0 bridgehead atoms. The summed E-state index contributed by atoms with van der Waals surface area (Å²) in [6.07, 6.45) is 0. The quantitative estimate of drug-likeness (QED) is 0.761. The number of nitrogens with one attached hydrogen (secondary N) is 2. The van der Waals surface area contributed by atoms with Crippen molar-refractivity contribution >= 4 is 27.7 Å². The van der Waals surface area contributed by atoms with Crippen molar-refractivity contribution in [3.63, 3.8) is 0 Å². The van der Waals surface area contributed by atoms with Gasteiger partial charge in [0.25, 0.3) is 11.8 Å². The van der Waals surface area contributed by atoms with Gasteiger partial charge in [-0.15, -0.1) is 0 Å². The number of hydrogen-bond donors (Lipinski definition) is 2. The lowest BCUT2D eigenvalue weighted by atomic mass is 10.1. The molecule has 0 saturated heterocycles. The van der Waals surface area contributed by atoms with Gasteiger partial charge in [0.2, 0.25) is 0 Å². The molecule has 5 nitrogen and oxygen atoms in total. The molecule has 0 aliphatic rings. The molecule has 0 fully saturated rings. The van der Waals surface area contributed by atoms with E-state index in [-0.39, 0.29) is 30.5 Å². The van der Waals surface area contributed by atoms with Gasteiger partial charge in [-0.05, 0) is 54.4 Å². The molecule has 2 amide bonds. The van der Waals surface area contributed by atoms with Gasteiger partial charge in [-0.2, -0.15) is 0 Å². The van der Waals surface area contributed by atoms with Gasteiger partial charge < -0.3 is 15.1 Å². The summed E-state index contributed by atoms with van der Waals surface area (Å²) in [4.78, 5) is 24.1. The average molecular weight is 397 g/mol. The number of carbonyl (C=O) groups is 2. The van der Waals surface area contributed by atoms with Gasteiger partial charge in [-0.1, -0.05) is 6.07 Å². The van der Waals surface area contributed by atoms with Gasteiger partial charge in [0.15, 0.2) is 0 Å².